The van der Waals surface area contributed by atoms with Crippen LogP contribution in [-0.2, 0) is 12.0 Å². The highest BCUT2D eigenvalue weighted by atomic mass is 127. The number of guanidine groups is 1. The molecule has 2 heterocycles. The predicted molar refractivity (Wildman–Crippen MR) is 129 cm³/mol. The quantitative estimate of drug-likeness (QED) is 0.368. The number of halogens is 1. The highest BCUT2D eigenvalue weighted by Gasteiger charge is 2.53. The summed E-state index contributed by atoms with van der Waals surface area (Å²) >= 11 is 0. The van der Waals surface area contributed by atoms with Gasteiger partial charge in [0.05, 0.1) is 12.8 Å². The molecule has 1 aromatic heterocycles. The number of nitrogens with one attached hydrogen (secondary N) is 1. The molecule has 2 fully saturated rings. The van der Waals surface area contributed by atoms with Crippen LogP contribution in [0.15, 0.2) is 39.8 Å². The molecule has 1 aromatic carbocycles. The highest BCUT2D eigenvalue weighted by molar-refractivity contribution is 14.0. The van der Waals surface area contributed by atoms with Gasteiger partial charge in [-0.25, -0.2) is 0 Å². The third-order valence-corrected chi connectivity index (χ3v) is 6.21. The van der Waals surface area contributed by atoms with Crippen molar-refractivity contribution in [1.82, 2.24) is 20.3 Å². The summed E-state index contributed by atoms with van der Waals surface area (Å²) in [5.41, 5.74) is 2.35. The third-order valence-electron chi connectivity index (χ3n) is 6.21. The summed E-state index contributed by atoms with van der Waals surface area (Å²) in [7, 11) is 3.61. The fourth-order valence-corrected chi connectivity index (χ4v) is 4.28. The molecule has 30 heavy (non-hydrogen) atoms. The van der Waals surface area contributed by atoms with E-state index in [2.05, 4.69) is 44.3 Å². The zero-order valence-corrected chi connectivity index (χ0v) is 20.6. The Kier molecular flexibility index (Phi) is 7.28. The van der Waals surface area contributed by atoms with E-state index in [-0.39, 0.29) is 29.4 Å². The van der Waals surface area contributed by atoms with Gasteiger partial charge in [-0.2, -0.15) is 0 Å². The molecule has 2 unspecified atom stereocenters. The lowest BCUT2D eigenvalue weighted by molar-refractivity contribution is 0.168. The van der Waals surface area contributed by atoms with Gasteiger partial charge < -0.3 is 19.5 Å². The maximum absolute atomic E-state index is 5.58. The fourth-order valence-electron chi connectivity index (χ4n) is 4.28. The Morgan fingerprint density at radius 2 is 2.03 bits per heavy atom. The molecule has 4 rings (SSSR count). The first-order chi connectivity index (χ1) is 14.0. The van der Waals surface area contributed by atoms with Crippen molar-refractivity contribution >= 4 is 29.9 Å². The van der Waals surface area contributed by atoms with Crippen molar-refractivity contribution in [3.05, 3.63) is 47.3 Å². The van der Waals surface area contributed by atoms with Gasteiger partial charge in [0, 0.05) is 62.9 Å². The molecule has 8 heteroatoms. The maximum atomic E-state index is 5.58. The summed E-state index contributed by atoms with van der Waals surface area (Å²) in [6.45, 7) is 8.95. The number of aromatic nitrogens is 1. The topological polar surface area (TPSA) is 66.1 Å². The van der Waals surface area contributed by atoms with Crippen molar-refractivity contribution < 1.29 is 9.26 Å². The summed E-state index contributed by atoms with van der Waals surface area (Å²) < 4.78 is 10.8. The summed E-state index contributed by atoms with van der Waals surface area (Å²) in [6.07, 6.45) is 1.08. The molecule has 2 aromatic rings. The molecular weight excluding hydrogens is 493 g/mol. The predicted octanol–water partition coefficient (Wildman–Crippen LogP) is 3.03. The van der Waals surface area contributed by atoms with Gasteiger partial charge in [0.25, 0.3) is 0 Å². The van der Waals surface area contributed by atoms with Crippen LogP contribution in [0.3, 0.4) is 0 Å². The van der Waals surface area contributed by atoms with Crippen LogP contribution in [0.1, 0.15) is 30.4 Å². The van der Waals surface area contributed by atoms with E-state index < -0.39 is 0 Å². The average molecular weight is 525 g/mol. The molecule has 1 N–H and O–H groups in total. The minimum Gasteiger partial charge on any atom is -0.496 e. The van der Waals surface area contributed by atoms with Gasteiger partial charge >= 0.3 is 0 Å². The van der Waals surface area contributed by atoms with Crippen molar-refractivity contribution in [3.63, 3.8) is 0 Å². The van der Waals surface area contributed by atoms with Gasteiger partial charge in [-0.3, -0.25) is 9.89 Å². The minimum absolute atomic E-state index is 0. The minimum atomic E-state index is 0. The van der Waals surface area contributed by atoms with E-state index in [4.69, 9.17) is 9.26 Å². The Balaban J connectivity index is 0.00000256. The molecule has 0 radical (unpaired) electrons. The van der Waals surface area contributed by atoms with E-state index in [9.17, 15) is 0 Å². The second-order valence-corrected chi connectivity index (χ2v) is 8.26. The van der Waals surface area contributed by atoms with Crippen LogP contribution < -0.4 is 10.1 Å². The van der Waals surface area contributed by atoms with Gasteiger partial charge in [0.2, 0.25) is 0 Å². The van der Waals surface area contributed by atoms with Crippen molar-refractivity contribution in [2.75, 3.05) is 40.3 Å². The molecule has 1 aliphatic carbocycles. The van der Waals surface area contributed by atoms with Crippen LogP contribution in [0.2, 0.25) is 0 Å². The Morgan fingerprint density at radius 1 is 1.30 bits per heavy atom. The van der Waals surface area contributed by atoms with E-state index >= 15 is 0 Å². The zero-order valence-electron chi connectivity index (χ0n) is 18.2. The number of aliphatic imine (C=N–C) groups is 1. The first kappa shape index (κ1) is 22.9. The third kappa shape index (κ3) is 4.74. The molecule has 2 aliphatic rings. The molecule has 0 spiro atoms. The number of para-hydroxylation sites is 1. The van der Waals surface area contributed by atoms with Crippen LogP contribution in [0, 0.1) is 6.92 Å². The average Bonchev–Trinajstić information content (AvgIpc) is 3.22. The number of hydrogen-bond donors (Lipinski definition) is 1. The van der Waals surface area contributed by atoms with Crippen LogP contribution in [0.5, 0.6) is 5.75 Å². The number of piperazine rings is 1. The highest BCUT2D eigenvalue weighted by Crippen LogP contribution is 2.51. The monoisotopic (exact) mass is 525 g/mol. The van der Waals surface area contributed by atoms with Crippen molar-refractivity contribution in [2.24, 2.45) is 4.99 Å². The molecular formula is C22H32IN5O2. The van der Waals surface area contributed by atoms with Crippen molar-refractivity contribution in [3.8, 4) is 5.75 Å². The molecule has 1 aliphatic heterocycles. The summed E-state index contributed by atoms with van der Waals surface area (Å²) in [5, 5.41) is 7.80. The van der Waals surface area contributed by atoms with E-state index in [0.717, 1.165) is 62.3 Å². The first-order valence-corrected chi connectivity index (χ1v) is 10.3. The van der Waals surface area contributed by atoms with Gasteiger partial charge in [-0.05, 0) is 19.4 Å². The fraction of sp³-hybridized carbons (Fsp3) is 0.545. The number of hydrogen-bond acceptors (Lipinski definition) is 5. The number of benzene rings is 1. The van der Waals surface area contributed by atoms with Crippen LogP contribution in [-0.4, -0.2) is 67.3 Å². The van der Waals surface area contributed by atoms with E-state index in [0.29, 0.717) is 6.04 Å². The molecule has 1 saturated carbocycles. The van der Waals surface area contributed by atoms with E-state index in [1.807, 2.05) is 32.2 Å². The molecule has 0 amide bonds. The SMILES string of the molecule is CN=C(NC1CC1(C)c1ccccc1OC)N1CCN(Cc2cc(C)on2)CC1.I. The number of nitrogens with zero attached hydrogens (tertiary/aromatic N) is 4. The van der Waals surface area contributed by atoms with E-state index in [1.54, 1.807) is 7.11 Å². The Bertz CT molecular complexity index is 878. The first-order valence-electron chi connectivity index (χ1n) is 10.3. The number of ether oxygens (including phenoxy) is 1. The second kappa shape index (κ2) is 9.55. The lowest BCUT2D eigenvalue weighted by Crippen LogP contribution is -2.53. The number of aryl methyl sites for hydroxylation is 1. The molecule has 7 nitrogen and oxygen atoms in total. The Morgan fingerprint density at radius 3 is 2.67 bits per heavy atom. The summed E-state index contributed by atoms with van der Waals surface area (Å²) in [4.78, 5) is 9.33. The lowest BCUT2D eigenvalue weighted by atomic mass is 9.96. The zero-order chi connectivity index (χ0) is 20.4. The van der Waals surface area contributed by atoms with Gasteiger partial charge in [0.1, 0.15) is 11.5 Å². The smallest absolute Gasteiger partial charge is 0.193 e. The van der Waals surface area contributed by atoms with Crippen molar-refractivity contribution in [2.45, 2.75) is 38.3 Å². The van der Waals surface area contributed by atoms with Crippen molar-refractivity contribution in [1.29, 1.82) is 0 Å². The van der Waals surface area contributed by atoms with Crippen LogP contribution in [0.25, 0.3) is 0 Å². The lowest BCUT2D eigenvalue weighted by Gasteiger charge is -2.36. The standard InChI is InChI=1S/C22H31N5O2.HI/c1-16-13-17(25-29-16)15-26-9-11-27(12-10-26)21(23-3)24-20-14-22(20,2)18-7-5-6-8-19(18)28-4;/h5-8,13,20H,9-12,14-15H2,1-4H3,(H,23,24);1H. The molecule has 0 bridgehead atoms. The number of rotatable bonds is 5. The second-order valence-electron chi connectivity index (χ2n) is 8.26. The van der Waals surface area contributed by atoms with Crippen LogP contribution in [0.4, 0.5) is 0 Å². The normalized spacial score (nSPS) is 24.3. The Labute approximate surface area is 195 Å². The summed E-state index contributed by atoms with van der Waals surface area (Å²) in [5.74, 6) is 2.82. The largest absolute Gasteiger partial charge is 0.496 e. The summed E-state index contributed by atoms with van der Waals surface area (Å²) in [6, 6.07) is 10.7. The van der Waals surface area contributed by atoms with E-state index in [1.165, 1.54) is 5.56 Å². The molecule has 164 valence electrons. The van der Waals surface area contributed by atoms with Gasteiger partial charge in [-0.15, -0.1) is 24.0 Å². The Hall–Kier alpha value is -1.81. The van der Waals surface area contributed by atoms with Crippen LogP contribution >= 0.6 is 24.0 Å². The molecule has 1 saturated heterocycles. The maximum Gasteiger partial charge on any atom is 0.193 e. The van der Waals surface area contributed by atoms with Gasteiger partial charge in [-0.1, -0.05) is 30.3 Å². The number of methoxy groups -OCH3 is 1. The van der Waals surface area contributed by atoms with Gasteiger partial charge in [0.15, 0.2) is 5.96 Å². The molecule has 2 atom stereocenters.